The number of aromatic nitrogens is 1. The molecular formula is C14H25N3O2S. The summed E-state index contributed by atoms with van der Waals surface area (Å²) in [5.74, 6) is 0. The molecule has 2 rings (SSSR count). The van der Waals surface area contributed by atoms with E-state index in [1.165, 1.54) is 0 Å². The average molecular weight is 299 g/mol. The fourth-order valence-electron chi connectivity index (χ4n) is 2.61. The normalized spacial score (nSPS) is 20.2. The quantitative estimate of drug-likeness (QED) is 0.921. The Balaban J connectivity index is 2.25. The monoisotopic (exact) mass is 299 g/mol. The van der Waals surface area contributed by atoms with Crippen LogP contribution in [0.15, 0.2) is 17.2 Å². The van der Waals surface area contributed by atoms with Crippen molar-refractivity contribution in [2.45, 2.75) is 51.6 Å². The minimum absolute atomic E-state index is 0.240. The third kappa shape index (κ3) is 2.92. The number of piperidine rings is 1. The number of nitrogens with zero attached hydrogens (tertiary/aromatic N) is 2. The van der Waals surface area contributed by atoms with Crippen molar-refractivity contribution in [3.63, 3.8) is 0 Å². The molecule has 0 atom stereocenters. The van der Waals surface area contributed by atoms with Crippen molar-refractivity contribution in [1.29, 1.82) is 0 Å². The zero-order chi connectivity index (χ0) is 15.0. The third-order valence-corrected chi connectivity index (χ3v) is 6.09. The molecule has 0 radical (unpaired) electrons. The summed E-state index contributed by atoms with van der Waals surface area (Å²) in [6.45, 7) is 8.66. The average Bonchev–Trinajstić information content (AvgIpc) is 2.82. The molecule has 5 nitrogen and oxygen atoms in total. The number of rotatable bonds is 4. The lowest BCUT2D eigenvalue weighted by Gasteiger charge is -2.35. The first-order chi connectivity index (χ1) is 9.30. The van der Waals surface area contributed by atoms with E-state index in [1.807, 2.05) is 11.5 Å². The van der Waals surface area contributed by atoms with Crippen LogP contribution in [0.5, 0.6) is 0 Å². The van der Waals surface area contributed by atoms with Crippen molar-refractivity contribution in [3.8, 4) is 0 Å². The molecule has 1 fully saturated rings. The van der Waals surface area contributed by atoms with Gasteiger partial charge < -0.3 is 10.3 Å². The van der Waals surface area contributed by atoms with Crippen LogP contribution >= 0.6 is 0 Å². The maximum atomic E-state index is 12.7. The maximum Gasteiger partial charge on any atom is 0.244 e. The Morgan fingerprint density at radius 3 is 2.35 bits per heavy atom. The first-order valence-electron chi connectivity index (χ1n) is 7.19. The molecular weight excluding hydrogens is 274 g/mol. The Morgan fingerprint density at radius 1 is 1.30 bits per heavy atom. The first-order valence-corrected chi connectivity index (χ1v) is 8.63. The highest BCUT2D eigenvalue weighted by molar-refractivity contribution is 7.89. The Hall–Kier alpha value is -0.850. The van der Waals surface area contributed by atoms with Crippen molar-refractivity contribution in [2.24, 2.45) is 11.1 Å². The summed E-state index contributed by atoms with van der Waals surface area (Å²) in [7, 11) is -3.38. The van der Waals surface area contributed by atoms with E-state index in [0.29, 0.717) is 24.5 Å². The molecule has 1 aliphatic heterocycles. The zero-order valence-corrected chi connectivity index (χ0v) is 13.4. The van der Waals surface area contributed by atoms with Gasteiger partial charge in [-0.2, -0.15) is 4.31 Å². The van der Waals surface area contributed by atoms with E-state index in [4.69, 9.17) is 5.73 Å². The van der Waals surface area contributed by atoms with Gasteiger partial charge in [0.1, 0.15) is 4.90 Å². The van der Waals surface area contributed by atoms with Crippen LogP contribution in [0.3, 0.4) is 0 Å². The summed E-state index contributed by atoms with van der Waals surface area (Å²) < 4.78 is 28.8. The van der Waals surface area contributed by atoms with Gasteiger partial charge in [-0.25, -0.2) is 8.42 Å². The second-order valence-corrected chi connectivity index (χ2v) is 8.16. The van der Waals surface area contributed by atoms with Gasteiger partial charge in [0.25, 0.3) is 0 Å². The molecule has 20 heavy (non-hydrogen) atoms. The van der Waals surface area contributed by atoms with Crippen LogP contribution in [-0.4, -0.2) is 30.4 Å². The van der Waals surface area contributed by atoms with Gasteiger partial charge in [-0.3, -0.25) is 0 Å². The molecule has 2 heterocycles. The van der Waals surface area contributed by atoms with Crippen LogP contribution in [0.1, 0.15) is 39.3 Å². The van der Waals surface area contributed by atoms with Crippen molar-refractivity contribution in [3.05, 3.63) is 18.0 Å². The minimum Gasteiger partial charge on any atom is -0.349 e. The van der Waals surface area contributed by atoms with E-state index in [2.05, 4.69) is 13.8 Å². The SMILES string of the molecule is CCn1cc(S(=O)(=O)N2CCC(C)(C)CC2)cc1CN. The van der Waals surface area contributed by atoms with Crippen LogP contribution in [-0.2, 0) is 23.1 Å². The molecule has 6 heteroatoms. The predicted octanol–water partition coefficient (Wildman–Crippen LogP) is 1.78. The van der Waals surface area contributed by atoms with Gasteiger partial charge >= 0.3 is 0 Å². The summed E-state index contributed by atoms with van der Waals surface area (Å²) in [6.07, 6.45) is 3.52. The lowest BCUT2D eigenvalue weighted by atomic mass is 9.83. The van der Waals surface area contributed by atoms with Gasteiger partial charge in [0.2, 0.25) is 10.0 Å². The Morgan fingerprint density at radius 2 is 1.90 bits per heavy atom. The number of hydrogen-bond acceptors (Lipinski definition) is 3. The summed E-state index contributed by atoms with van der Waals surface area (Å²) >= 11 is 0. The van der Waals surface area contributed by atoms with Crippen molar-refractivity contribution in [2.75, 3.05) is 13.1 Å². The Kier molecular flexibility index (Phi) is 4.27. The number of aryl methyl sites for hydroxylation is 1. The highest BCUT2D eigenvalue weighted by Crippen LogP contribution is 2.32. The highest BCUT2D eigenvalue weighted by atomic mass is 32.2. The second-order valence-electron chi connectivity index (χ2n) is 6.23. The van der Waals surface area contributed by atoms with Crippen LogP contribution < -0.4 is 5.73 Å². The fourth-order valence-corrected chi connectivity index (χ4v) is 4.12. The second kappa shape index (κ2) is 5.50. The predicted molar refractivity (Wildman–Crippen MR) is 79.8 cm³/mol. The summed E-state index contributed by atoms with van der Waals surface area (Å²) in [5.41, 5.74) is 6.77. The van der Waals surface area contributed by atoms with Crippen LogP contribution in [0.4, 0.5) is 0 Å². The molecule has 114 valence electrons. The largest absolute Gasteiger partial charge is 0.349 e. The smallest absolute Gasteiger partial charge is 0.244 e. The Bertz CT molecular complexity index is 544. The van der Waals surface area contributed by atoms with Crippen molar-refractivity contribution >= 4 is 10.0 Å². The van der Waals surface area contributed by atoms with Crippen LogP contribution in [0.25, 0.3) is 0 Å². The van der Waals surface area contributed by atoms with Crippen LogP contribution in [0.2, 0.25) is 0 Å². The van der Waals surface area contributed by atoms with Gasteiger partial charge in [0, 0.05) is 38.1 Å². The van der Waals surface area contributed by atoms with Gasteiger partial charge in [-0.15, -0.1) is 0 Å². The van der Waals surface area contributed by atoms with E-state index in [0.717, 1.165) is 25.1 Å². The van der Waals surface area contributed by atoms with Gasteiger partial charge in [0.05, 0.1) is 0 Å². The number of nitrogens with two attached hydrogens (primary N) is 1. The standard InChI is InChI=1S/C14H25N3O2S/c1-4-16-11-13(9-12(16)10-15)20(18,19)17-7-5-14(2,3)6-8-17/h9,11H,4-8,10,15H2,1-3H3. The van der Waals surface area contributed by atoms with Gasteiger partial charge in [0.15, 0.2) is 0 Å². The molecule has 0 bridgehead atoms. The van der Waals surface area contributed by atoms with Gasteiger partial charge in [-0.05, 0) is 31.2 Å². The summed E-state index contributed by atoms with van der Waals surface area (Å²) in [6, 6.07) is 1.71. The molecule has 0 saturated carbocycles. The van der Waals surface area contributed by atoms with Crippen LogP contribution in [0, 0.1) is 5.41 Å². The lowest BCUT2D eigenvalue weighted by molar-refractivity contribution is 0.196. The van der Waals surface area contributed by atoms with E-state index in [-0.39, 0.29) is 5.41 Å². The van der Waals surface area contributed by atoms with E-state index in [1.54, 1.807) is 16.6 Å². The lowest BCUT2D eigenvalue weighted by Crippen LogP contribution is -2.40. The molecule has 1 aromatic heterocycles. The zero-order valence-electron chi connectivity index (χ0n) is 12.6. The first kappa shape index (κ1) is 15.5. The molecule has 0 aromatic carbocycles. The highest BCUT2D eigenvalue weighted by Gasteiger charge is 2.33. The van der Waals surface area contributed by atoms with Gasteiger partial charge in [-0.1, -0.05) is 13.8 Å². The third-order valence-electron chi connectivity index (χ3n) is 4.22. The molecule has 0 aliphatic carbocycles. The molecule has 1 aliphatic rings. The molecule has 0 amide bonds. The van der Waals surface area contributed by atoms with E-state index >= 15 is 0 Å². The van der Waals surface area contributed by atoms with Crippen molar-refractivity contribution in [1.82, 2.24) is 8.87 Å². The molecule has 2 N–H and O–H groups in total. The minimum atomic E-state index is -3.38. The van der Waals surface area contributed by atoms with E-state index in [9.17, 15) is 8.42 Å². The summed E-state index contributed by atoms with van der Waals surface area (Å²) in [5, 5.41) is 0. The van der Waals surface area contributed by atoms with E-state index < -0.39 is 10.0 Å². The topological polar surface area (TPSA) is 68.3 Å². The maximum absolute atomic E-state index is 12.7. The number of hydrogen-bond donors (Lipinski definition) is 1. The van der Waals surface area contributed by atoms with Crippen molar-refractivity contribution < 1.29 is 8.42 Å². The molecule has 1 aromatic rings. The fraction of sp³-hybridized carbons (Fsp3) is 0.714. The summed E-state index contributed by atoms with van der Waals surface area (Å²) in [4.78, 5) is 0.375. The molecule has 0 spiro atoms. The molecule has 0 unspecified atom stereocenters. The Labute approximate surface area is 121 Å². The molecule has 1 saturated heterocycles. The number of sulfonamides is 1.